The molecule has 0 aliphatic heterocycles. The van der Waals surface area contributed by atoms with E-state index in [1.165, 1.54) is 12.8 Å². The van der Waals surface area contributed by atoms with E-state index in [-0.39, 0.29) is 5.91 Å². The Hall–Kier alpha value is -2.23. The molecule has 1 aromatic carbocycles. The Kier molecular flexibility index (Phi) is 3.69. The van der Waals surface area contributed by atoms with Crippen LogP contribution in [0.5, 0.6) is 0 Å². The Morgan fingerprint density at radius 1 is 1.24 bits per heavy atom. The minimum absolute atomic E-state index is 0.0564. The summed E-state index contributed by atoms with van der Waals surface area (Å²) >= 11 is 0. The molecule has 0 bridgehead atoms. The van der Waals surface area contributed by atoms with Crippen molar-refractivity contribution in [1.29, 1.82) is 0 Å². The molecule has 21 heavy (non-hydrogen) atoms. The summed E-state index contributed by atoms with van der Waals surface area (Å²) in [4.78, 5) is 20.7. The van der Waals surface area contributed by atoms with Gasteiger partial charge in [-0.15, -0.1) is 0 Å². The van der Waals surface area contributed by atoms with Crippen LogP contribution in [0.3, 0.4) is 0 Å². The highest BCUT2D eigenvalue weighted by molar-refractivity contribution is 5.95. The first-order valence-electron chi connectivity index (χ1n) is 7.30. The summed E-state index contributed by atoms with van der Waals surface area (Å²) in [5.41, 5.74) is 4.84. The van der Waals surface area contributed by atoms with Crippen LogP contribution in [0.25, 0.3) is 0 Å². The van der Waals surface area contributed by atoms with Gasteiger partial charge in [-0.1, -0.05) is 17.7 Å². The van der Waals surface area contributed by atoms with Crippen molar-refractivity contribution >= 4 is 5.91 Å². The number of nitrogens with zero attached hydrogens (tertiary/aromatic N) is 2. The molecular weight excluding hydrogens is 262 g/mol. The van der Waals surface area contributed by atoms with Gasteiger partial charge in [0.05, 0.1) is 12.2 Å². The molecule has 4 heteroatoms. The molecule has 4 nitrogen and oxygen atoms in total. The van der Waals surface area contributed by atoms with E-state index in [0.717, 1.165) is 28.1 Å². The van der Waals surface area contributed by atoms with Gasteiger partial charge in [0.15, 0.2) is 0 Å². The highest BCUT2D eigenvalue weighted by Crippen LogP contribution is 2.38. The Bertz CT molecular complexity index is 677. The number of rotatable bonds is 4. The van der Waals surface area contributed by atoms with Gasteiger partial charge in [0.25, 0.3) is 5.91 Å². The van der Waals surface area contributed by atoms with E-state index in [2.05, 4.69) is 15.3 Å². The van der Waals surface area contributed by atoms with Gasteiger partial charge in [-0.05, 0) is 44.4 Å². The molecule has 1 heterocycles. The van der Waals surface area contributed by atoms with Crippen LogP contribution in [0, 0.1) is 13.8 Å². The van der Waals surface area contributed by atoms with Crippen molar-refractivity contribution in [2.45, 2.75) is 39.2 Å². The Labute approximate surface area is 124 Å². The fraction of sp³-hybridized carbons (Fsp3) is 0.353. The van der Waals surface area contributed by atoms with Crippen molar-refractivity contribution in [3.63, 3.8) is 0 Å². The summed E-state index contributed by atoms with van der Waals surface area (Å²) in [5, 5.41) is 2.93. The lowest BCUT2D eigenvalue weighted by Crippen LogP contribution is -2.24. The minimum Gasteiger partial charge on any atom is -0.346 e. The summed E-state index contributed by atoms with van der Waals surface area (Å²) in [7, 11) is 0. The molecule has 1 saturated carbocycles. The van der Waals surface area contributed by atoms with Gasteiger partial charge in [-0.3, -0.25) is 4.79 Å². The molecule has 1 aliphatic carbocycles. The molecule has 1 aliphatic rings. The Morgan fingerprint density at radius 2 is 2.05 bits per heavy atom. The molecule has 1 fully saturated rings. The summed E-state index contributed by atoms with van der Waals surface area (Å²) in [6, 6.07) is 7.85. The molecule has 108 valence electrons. The number of carbonyl (C=O) groups is 1. The Balaban J connectivity index is 1.66. The number of hydrogen-bond donors (Lipinski definition) is 1. The molecule has 1 N–H and O–H groups in total. The summed E-state index contributed by atoms with van der Waals surface area (Å²) in [6.07, 6.45) is 4.02. The van der Waals surface area contributed by atoms with E-state index in [1.807, 2.05) is 38.1 Å². The third-order valence-electron chi connectivity index (χ3n) is 3.80. The third-order valence-corrected chi connectivity index (χ3v) is 3.80. The van der Waals surface area contributed by atoms with Gasteiger partial charge in [-0.2, -0.15) is 0 Å². The first kappa shape index (κ1) is 13.7. The number of carbonyl (C=O) groups excluding carboxylic acids is 1. The molecule has 1 amide bonds. The van der Waals surface area contributed by atoms with E-state index < -0.39 is 0 Å². The highest BCUT2D eigenvalue weighted by Gasteiger charge is 2.25. The number of amides is 1. The highest BCUT2D eigenvalue weighted by atomic mass is 16.1. The molecule has 3 rings (SSSR count). The summed E-state index contributed by atoms with van der Waals surface area (Å²) in [5.74, 6) is 0.542. The van der Waals surface area contributed by atoms with Gasteiger partial charge >= 0.3 is 0 Å². The fourth-order valence-corrected chi connectivity index (χ4v) is 2.45. The Morgan fingerprint density at radius 3 is 2.76 bits per heavy atom. The van der Waals surface area contributed by atoms with Crippen LogP contribution in [0.1, 0.15) is 51.6 Å². The zero-order valence-electron chi connectivity index (χ0n) is 12.4. The van der Waals surface area contributed by atoms with E-state index >= 15 is 0 Å². The minimum atomic E-state index is -0.0564. The van der Waals surface area contributed by atoms with Crippen LogP contribution in [0.2, 0.25) is 0 Å². The average Bonchev–Trinajstić information content (AvgIpc) is 3.30. The third kappa shape index (κ3) is 3.27. The molecular formula is C17H19N3O. The predicted molar refractivity (Wildman–Crippen MR) is 81.1 cm³/mol. The number of nitrogens with one attached hydrogen (secondary N) is 1. The monoisotopic (exact) mass is 281 g/mol. The fourth-order valence-electron chi connectivity index (χ4n) is 2.45. The van der Waals surface area contributed by atoms with E-state index in [4.69, 9.17) is 0 Å². The van der Waals surface area contributed by atoms with Gasteiger partial charge < -0.3 is 5.32 Å². The lowest BCUT2D eigenvalue weighted by molar-refractivity contribution is 0.0950. The second kappa shape index (κ2) is 5.64. The van der Waals surface area contributed by atoms with Crippen LogP contribution in [-0.2, 0) is 6.54 Å². The molecule has 2 aromatic rings. The van der Waals surface area contributed by atoms with Crippen molar-refractivity contribution in [3.8, 4) is 0 Å². The van der Waals surface area contributed by atoms with E-state index in [9.17, 15) is 4.79 Å². The maximum absolute atomic E-state index is 12.2. The van der Waals surface area contributed by atoms with Crippen LogP contribution in [0.4, 0.5) is 0 Å². The molecule has 1 aromatic heterocycles. The smallest absolute Gasteiger partial charge is 0.251 e. The van der Waals surface area contributed by atoms with Gasteiger partial charge in [0.1, 0.15) is 6.33 Å². The first-order chi connectivity index (χ1) is 10.1. The number of hydrogen-bond acceptors (Lipinski definition) is 3. The standard InChI is InChI=1S/C17H19N3O/c1-11-3-6-15(12(2)7-11)17(21)18-9-14-8-16(13-4-5-13)20-10-19-14/h3,6-8,10,13H,4-5,9H2,1-2H3,(H,18,21). The topological polar surface area (TPSA) is 54.9 Å². The van der Waals surface area contributed by atoms with E-state index in [0.29, 0.717) is 12.5 Å². The normalized spacial score (nSPS) is 14.0. The maximum Gasteiger partial charge on any atom is 0.251 e. The average molecular weight is 281 g/mol. The second-order valence-electron chi connectivity index (χ2n) is 5.71. The molecule has 0 saturated heterocycles. The summed E-state index contributed by atoms with van der Waals surface area (Å²) < 4.78 is 0. The number of aryl methyl sites for hydroxylation is 2. The van der Waals surface area contributed by atoms with Gasteiger partial charge in [0.2, 0.25) is 0 Å². The van der Waals surface area contributed by atoms with Crippen LogP contribution < -0.4 is 5.32 Å². The largest absolute Gasteiger partial charge is 0.346 e. The van der Waals surface area contributed by atoms with Crippen LogP contribution >= 0.6 is 0 Å². The van der Waals surface area contributed by atoms with Crippen LogP contribution in [-0.4, -0.2) is 15.9 Å². The second-order valence-corrected chi connectivity index (χ2v) is 5.71. The molecule has 0 spiro atoms. The van der Waals surface area contributed by atoms with Crippen LogP contribution in [0.15, 0.2) is 30.6 Å². The lowest BCUT2D eigenvalue weighted by Gasteiger charge is -2.08. The SMILES string of the molecule is Cc1ccc(C(=O)NCc2cc(C3CC3)ncn2)c(C)c1. The predicted octanol–water partition coefficient (Wildman–Crippen LogP) is 2.90. The summed E-state index contributed by atoms with van der Waals surface area (Å²) in [6.45, 7) is 4.42. The zero-order valence-corrected chi connectivity index (χ0v) is 12.4. The van der Waals surface area contributed by atoms with Crippen molar-refractivity contribution in [1.82, 2.24) is 15.3 Å². The van der Waals surface area contributed by atoms with Crippen molar-refractivity contribution in [2.75, 3.05) is 0 Å². The van der Waals surface area contributed by atoms with Crippen molar-refractivity contribution in [3.05, 3.63) is 58.7 Å². The molecule has 0 unspecified atom stereocenters. The quantitative estimate of drug-likeness (QED) is 0.937. The number of benzene rings is 1. The lowest BCUT2D eigenvalue weighted by atomic mass is 10.1. The van der Waals surface area contributed by atoms with Crippen molar-refractivity contribution in [2.24, 2.45) is 0 Å². The van der Waals surface area contributed by atoms with Crippen molar-refractivity contribution < 1.29 is 4.79 Å². The maximum atomic E-state index is 12.2. The zero-order chi connectivity index (χ0) is 14.8. The first-order valence-corrected chi connectivity index (χ1v) is 7.30. The number of aromatic nitrogens is 2. The van der Waals surface area contributed by atoms with Gasteiger partial charge in [0, 0.05) is 17.2 Å². The van der Waals surface area contributed by atoms with E-state index in [1.54, 1.807) is 6.33 Å². The van der Waals surface area contributed by atoms with Gasteiger partial charge in [-0.25, -0.2) is 9.97 Å². The molecule has 0 atom stereocenters. The molecule has 0 radical (unpaired) electrons.